The number of nitro benzene ring substituents is 1. The van der Waals surface area contributed by atoms with Gasteiger partial charge < -0.3 is 9.64 Å². The maximum Gasteiger partial charge on any atom is 0.307 e. The third-order valence-electron chi connectivity index (χ3n) is 2.85. The summed E-state index contributed by atoms with van der Waals surface area (Å²) in [5.41, 5.74) is 0.231. The number of ether oxygens (including phenoxy) is 1. The highest BCUT2D eigenvalue weighted by atomic mass is 16.6. The van der Waals surface area contributed by atoms with Gasteiger partial charge in [-0.2, -0.15) is 0 Å². The van der Waals surface area contributed by atoms with Gasteiger partial charge in [0.05, 0.1) is 18.0 Å². The van der Waals surface area contributed by atoms with Crippen LogP contribution in [0.1, 0.15) is 23.7 Å². The van der Waals surface area contributed by atoms with Gasteiger partial charge in [-0.15, -0.1) is 6.58 Å². The maximum absolute atomic E-state index is 12.3. The number of carbonyl (C=O) groups is 2. The van der Waals surface area contributed by atoms with Gasteiger partial charge in [-0.3, -0.25) is 19.7 Å². The van der Waals surface area contributed by atoms with Gasteiger partial charge in [-0.25, -0.2) is 0 Å². The molecule has 1 aromatic rings. The van der Waals surface area contributed by atoms with E-state index in [2.05, 4.69) is 6.58 Å². The van der Waals surface area contributed by atoms with Crippen molar-refractivity contribution in [2.75, 3.05) is 19.7 Å². The zero-order chi connectivity index (χ0) is 16.5. The monoisotopic (exact) mass is 306 g/mol. The number of benzene rings is 1. The van der Waals surface area contributed by atoms with Crippen LogP contribution in [0.2, 0.25) is 0 Å². The van der Waals surface area contributed by atoms with Crippen molar-refractivity contribution in [3.05, 3.63) is 52.6 Å². The van der Waals surface area contributed by atoms with Crippen molar-refractivity contribution < 1.29 is 19.2 Å². The Balaban J connectivity index is 2.77. The number of esters is 1. The Bertz CT molecular complexity index is 554. The summed E-state index contributed by atoms with van der Waals surface area (Å²) in [7, 11) is 0. The van der Waals surface area contributed by atoms with Gasteiger partial charge in [-0.05, 0) is 19.1 Å². The molecule has 0 aliphatic carbocycles. The van der Waals surface area contributed by atoms with Crippen LogP contribution < -0.4 is 0 Å². The van der Waals surface area contributed by atoms with Crippen molar-refractivity contribution in [1.82, 2.24) is 4.90 Å². The molecule has 0 aliphatic rings. The molecule has 0 heterocycles. The number of non-ortho nitro benzene ring substituents is 1. The molecule has 0 saturated heterocycles. The fourth-order valence-corrected chi connectivity index (χ4v) is 1.80. The molecular weight excluding hydrogens is 288 g/mol. The summed E-state index contributed by atoms with van der Waals surface area (Å²) in [6, 6.07) is 5.32. The van der Waals surface area contributed by atoms with Crippen molar-refractivity contribution in [1.29, 1.82) is 0 Å². The maximum atomic E-state index is 12.3. The molecule has 1 amide bonds. The summed E-state index contributed by atoms with van der Waals surface area (Å²) in [5.74, 6) is -0.702. The summed E-state index contributed by atoms with van der Waals surface area (Å²) < 4.78 is 4.82. The van der Waals surface area contributed by atoms with Gasteiger partial charge in [-0.1, -0.05) is 6.08 Å². The van der Waals surface area contributed by atoms with Crippen LogP contribution in [0.15, 0.2) is 36.9 Å². The van der Waals surface area contributed by atoms with E-state index in [0.29, 0.717) is 5.56 Å². The van der Waals surface area contributed by atoms with E-state index in [1.54, 1.807) is 13.0 Å². The first-order valence-electron chi connectivity index (χ1n) is 6.79. The molecule has 7 nitrogen and oxygen atoms in total. The topological polar surface area (TPSA) is 89.8 Å². The summed E-state index contributed by atoms with van der Waals surface area (Å²) in [5, 5.41) is 10.6. The van der Waals surface area contributed by atoms with Crippen molar-refractivity contribution in [2.45, 2.75) is 13.3 Å². The summed E-state index contributed by atoms with van der Waals surface area (Å²) in [6.07, 6.45) is 1.63. The number of rotatable bonds is 8. The van der Waals surface area contributed by atoms with E-state index in [-0.39, 0.29) is 43.7 Å². The second-order valence-electron chi connectivity index (χ2n) is 4.40. The van der Waals surface area contributed by atoms with Gasteiger partial charge in [0.25, 0.3) is 11.6 Å². The first-order chi connectivity index (χ1) is 10.5. The number of hydrogen-bond donors (Lipinski definition) is 0. The highest BCUT2D eigenvalue weighted by Gasteiger charge is 2.17. The molecule has 1 aromatic carbocycles. The molecule has 0 unspecified atom stereocenters. The van der Waals surface area contributed by atoms with Crippen molar-refractivity contribution in [2.24, 2.45) is 0 Å². The van der Waals surface area contributed by atoms with E-state index in [4.69, 9.17) is 4.74 Å². The number of nitro groups is 1. The molecule has 0 bridgehead atoms. The van der Waals surface area contributed by atoms with Crippen molar-refractivity contribution >= 4 is 17.6 Å². The van der Waals surface area contributed by atoms with Crippen LogP contribution in [-0.4, -0.2) is 41.4 Å². The van der Waals surface area contributed by atoms with Crippen molar-refractivity contribution in [3.8, 4) is 0 Å². The molecule has 0 radical (unpaired) electrons. The van der Waals surface area contributed by atoms with Crippen LogP contribution in [0.25, 0.3) is 0 Å². The average molecular weight is 306 g/mol. The standard InChI is InChI=1S/C15H18N2O5/c1-3-10-16(11-9-14(18)22-4-2)15(19)12-5-7-13(8-6-12)17(20)21/h3,5-8H,1,4,9-11H2,2H3. The lowest BCUT2D eigenvalue weighted by molar-refractivity contribution is -0.384. The van der Waals surface area contributed by atoms with Gasteiger partial charge in [0.2, 0.25) is 0 Å². The molecule has 1 rings (SSSR count). The molecule has 0 N–H and O–H groups in total. The molecule has 0 fully saturated rings. The third-order valence-corrected chi connectivity index (χ3v) is 2.85. The molecule has 22 heavy (non-hydrogen) atoms. The number of amides is 1. The average Bonchev–Trinajstić information content (AvgIpc) is 2.51. The predicted molar refractivity (Wildman–Crippen MR) is 80.4 cm³/mol. The minimum absolute atomic E-state index is 0.0837. The lowest BCUT2D eigenvalue weighted by Gasteiger charge is -2.20. The van der Waals surface area contributed by atoms with Crippen molar-refractivity contribution in [3.63, 3.8) is 0 Å². The van der Waals surface area contributed by atoms with Crippen LogP contribution in [0.5, 0.6) is 0 Å². The molecule has 0 spiro atoms. The smallest absolute Gasteiger partial charge is 0.307 e. The van der Waals surface area contributed by atoms with E-state index in [9.17, 15) is 19.7 Å². The van der Waals surface area contributed by atoms with E-state index in [1.807, 2.05) is 0 Å². The quantitative estimate of drug-likeness (QED) is 0.318. The Morgan fingerprint density at radius 3 is 2.50 bits per heavy atom. The fourth-order valence-electron chi connectivity index (χ4n) is 1.80. The van der Waals surface area contributed by atoms with Crippen LogP contribution in [-0.2, 0) is 9.53 Å². The molecule has 0 saturated carbocycles. The summed E-state index contributed by atoms with van der Waals surface area (Å²) in [4.78, 5) is 35.2. The second kappa shape index (κ2) is 8.56. The fraction of sp³-hybridized carbons (Fsp3) is 0.333. The predicted octanol–water partition coefficient (Wildman–Crippen LogP) is 2.18. The Morgan fingerprint density at radius 2 is 2.00 bits per heavy atom. The highest BCUT2D eigenvalue weighted by molar-refractivity contribution is 5.94. The van der Waals surface area contributed by atoms with E-state index < -0.39 is 4.92 Å². The van der Waals surface area contributed by atoms with E-state index >= 15 is 0 Å². The van der Waals surface area contributed by atoms with Crippen LogP contribution in [0, 0.1) is 10.1 Å². The largest absolute Gasteiger partial charge is 0.466 e. The molecule has 118 valence electrons. The normalized spacial score (nSPS) is 9.86. The molecule has 7 heteroatoms. The lowest BCUT2D eigenvalue weighted by Crippen LogP contribution is -2.33. The van der Waals surface area contributed by atoms with Gasteiger partial charge in [0.1, 0.15) is 0 Å². The molecule has 0 aliphatic heterocycles. The minimum Gasteiger partial charge on any atom is -0.466 e. The Labute approximate surface area is 128 Å². The minimum atomic E-state index is -0.531. The zero-order valence-electron chi connectivity index (χ0n) is 12.4. The summed E-state index contributed by atoms with van der Waals surface area (Å²) in [6.45, 7) is 6.04. The molecular formula is C15H18N2O5. The summed E-state index contributed by atoms with van der Waals surface area (Å²) >= 11 is 0. The third kappa shape index (κ3) is 5.01. The number of nitrogens with zero attached hydrogens (tertiary/aromatic N) is 2. The lowest BCUT2D eigenvalue weighted by atomic mass is 10.1. The Kier molecular flexibility index (Phi) is 6.75. The van der Waals surface area contributed by atoms with E-state index in [0.717, 1.165) is 0 Å². The van der Waals surface area contributed by atoms with Crippen LogP contribution in [0.4, 0.5) is 5.69 Å². The second-order valence-corrected chi connectivity index (χ2v) is 4.40. The zero-order valence-corrected chi connectivity index (χ0v) is 12.4. The molecule has 0 atom stereocenters. The highest BCUT2D eigenvalue weighted by Crippen LogP contribution is 2.14. The van der Waals surface area contributed by atoms with Gasteiger partial charge in [0.15, 0.2) is 0 Å². The SMILES string of the molecule is C=CCN(CCC(=O)OCC)C(=O)c1ccc([N+](=O)[O-])cc1. The van der Waals surface area contributed by atoms with E-state index in [1.165, 1.54) is 29.2 Å². The number of hydrogen-bond acceptors (Lipinski definition) is 5. The molecule has 0 aromatic heterocycles. The van der Waals surface area contributed by atoms with Crippen LogP contribution >= 0.6 is 0 Å². The number of carbonyl (C=O) groups excluding carboxylic acids is 2. The Hall–Kier alpha value is -2.70. The van der Waals surface area contributed by atoms with Gasteiger partial charge >= 0.3 is 5.97 Å². The van der Waals surface area contributed by atoms with Gasteiger partial charge in [0, 0.05) is 30.8 Å². The first kappa shape index (κ1) is 17.4. The first-order valence-corrected chi connectivity index (χ1v) is 6.79. The van der Waals surface area contributed by atoms with Crippen LogP contribution in [0.3, 0.4) is 0 Å². The Morgan fingerprint density at radius 1 is 1.36 bits per heavy atom.